The summed E-state index contributed by atoms with van der Waals surface area (Å²) in [6.45, 7) is 1.66. The van der Waals surface area contributed by atoms with Crippen molar-refractivity contribution in [3.63, 3.8) is 0 Å². The van der Waals surface area contributed by atoms with Crippen molar-refractivity contribution in [1.29, 1.82) is 0 Å². The van der Waals surface area contributed by atoms with E-state index in [2.05, 4.69) is 14.7 Å². The Balaban J connectivity index is 2.24. The van der Waals surface area contributed by atoms with E-state index in [0.29, 0.717) is 5.56 Å². The number of aromatic nitrogens is 2. The Hall–Kier alpha value is -2.89. The van der Waals surface area contributed by atoms with E-state index in [1.165, 1.54) is 36.4 Å². The lowest BCUT2D eigenvalue weighted by molar-refractivity contribution is -0.301. The predicted octanol–water partition coefficient (Wildman–Crippen LogP) is 4.64. The summed E-state index contributed by atoms with van der Waals surface area (Å²) in [4.78, 5) is 6.95. The number of aryl methyl sites for hydroxylation is 1. The van der Waals surface area contributed by atoms with Crippen LogP contribution in [0.5, 0.6) is 5.88 Å². The van der Waals surface area contributed by atoms with E-state index in [9.17, 15) is 34.8 Å². The molecule has 0 amide bonds. The molecule has 0 bridgehead atoms. The molecule has 0 fully saturated rings. The molecule has 0 aliphatic carbocycles. The summed E-state index contributed by atoms with van der Waals surface area (Å²) in [5.74, 6) is -1.39. The van der Waals surface area contributed by atoms with Gasteiger partial charge in [-0.25, -0.2) is 18.4 Å². The maximum atomic E-state index is 13.0. The SMILES string of the molecule is Cc1ccc(S(=O)(=O)c2nc3ccccc3nc2OC(C(F)(F)F)C(F)(F)F)cc1. The molecular formula is C18H12F6N2O3S. The highest BCUT2D eigenvalue weighted by atomic mass is 32.2. The summed E-state index contributed by atoms with van der Waals surface area (Å²) in [6.07, 6.45) is -16.0. The van der Waals surface area contributed by atoms with Gasteiger partial charge < -0.3 is 4.74 Å². The first-order valence-electron chi connectivity index (χ1n) is 8.19. The van der Waals surface area contributed by atoms with Gasteiger partial charge in [-0.05, 0) is 31.2 Å². The molecule has 0 atom stereocenters. The van der Waals surface area contributed by atoms with Gasteiger partial charge in [0.1, 0.15) is 0 Å². The third kappa shape index (κ3) is 4.32. The molecule has 30 heavy (non-hydrogen) atoms. The fraction of sp³-hybridized carbons (Fsp3) is 0.222. The Morgan fingerprint density at radius 1 is 0.833 bits per heavy atom. The van der Waals surface area contributed by atoms with Crippen LogP contribution in [0.3, 0.4) is 0 Å². The predicted molar refractivity (Wildman–Crippen MR) is 92.7 cm³/mol. The summed E-state index contributed by atoms with van der Waals surface area (Å²) in [6, 6.07) is 10.5. The lowest BCUT2D eigenvalue weighted by Gasteiger charge is -2.24. The number of halogens is 6. The van der Waals surface area contributed by atoms with Gasteiger partial charge in [-0.15, -0.1) is 0 Å². The van der Waals surface area contributed by atoms with Gasteiger partial charge in [0.15, 0.2) is 0 Å². The number of nitrogens with zero attached hydrogens (tertiary/aromatic N) is 2. The van der Waals surface area contributed by atoms with E-state index in [0.717, 1.165) is 12.1 Å². The zero-order valence-corrected chi connectivity index (χ0v) is 15.8. The quantitative estimate of drug-likeness (QED) is 0.542. The van der Waals surface area contributed by atoms with Gasteiger partial charge in [0.2, 0.25) is 14.9 Å². The minimum absolute atomic E-state index is 0.0499. The fourth-order valence-electron chi connectivity index (χ4n) is 2.48. The monoisotopic (exact) mass is 450 g/mol. The van der Waals surface area contributed by atoms with Gasteiger partial charge >= 0.3 is 12.4 Å². The fourth-order valence-corrected chi connectivity index (χ4v) is 3.74. The second kappa shape index (κ2) is 7.42. The third-order valence-corrected chi connectivity index (χ3v) is 5.59. The number of hydrogen-bond donors (Lipinski definition) is 0. The molecule has 0 unspecified atom stereocenters. The zero-order valence-electron chi connectivity index (χ0n) is 15.0. The molecule has 2 aromatic carbocycles. The Morgan fingerprint density at radius 3 is 1.83 bits per heavy atom. The number of rotatable bonds is 4. The van der Waals surface area contributed by atoms with Crippen molar-refractivity contribution >= 4 is 20.9 Å². The van der Waals surface area contributed by atoms with Gasteiger partial charge in [-0.1, -0.05) is 29.8 Å². The van der Waals surface area contributed by atoms with Crippen LogP contribution in [0, 0.1) is 6.92 Å². The molecule has 3 aromatic rings. The van der Waals surface area contributed by atoms with Crippen molar-refractivity contribution in [2.45, 2.75) is 35.3 Å². The molecule has 12 heteroatoms. The molecule has 0 saturated heterocycles. The van der Waals surface area contributed by atoms with Crippen LogP contribution >= 0.6 is 0 Å². The van der Waals surface area contributed by atoms with Crippen LogP contribution in [0.25, 0.3) is 11.0 Å². The largest absolute Gasteiger partial charge is 0.453 e. The first-order valence-corrected chi connectivity index (χ1v) is 9.67. The Kier molecular flexibility index (Phi) is 5.39. The average Bonchev–Trinajstić information content (AvgIpc) is 2.64. The second-order valence-corrected chi connectivity index (χ2v) is 8.09. The molecule has 1 aromatic heterocycles. The Morgan fingerprint density at radius 2 is 1.33 bits per heavy atom. The van der Waals surface area contributed by atoms with Crippen LogP contribution in [0.2, 0.25) is 0 Å². The van der Waals surface area contributed by atoms with Crippen molar-refractivity contribution in [2.24, 2.45) is 0 Å². The molecule has 0 aliphatic heterocycles. The van der Waals surface area contributed by atoms with E-state index in [1.807, 2.05) is 0 Å². The molecule has 3 rings (SSSR count). The molecule has 0 N–H and O–H groups in total. The number of hydrogen-bond acceptors (Lipinski definition) is 5. The number of ether oxygens (including phenoxy) is 1. The van der Waals surface area contributed by atoms with Gasteiger partial charge in [-0.3, -0.25) is 0 Å². The topological polar surface area (TPSA) is 69.2 Å². The molecule has 0 radical (unpaired) electrons. The highest BCUT2D eigenvalue weighted by molar-refractivity contribution is 7.91. The Bertz CT molecular complexity index is 1160. The standard InChI is InChI=1S/C18H12F6N2O3S/c1-10-6-8-11(9-7-10)30(27,28)15-14(25-12-4-2-3-5-13(12)26-15)29-16(17(19,20)21)18(22,23)24/h2-9,16H,1H3. The number of alkyl halides is 6. The summed E-state index contributed by atoms with van der Waals surface area (Å²) < 4.78 is 108. The van der Waals surface area contributed by atoms with Crippen molar-refractivity contribution < 1.29 is 39.5 Å². The number of para-hydroxylation sites is 2. The van der Waals surface area contributed by atoms with Crippen molar-refractivity contribution in [2.75, 3.05) is 0 Å². The first-order chi connectivity index (χ1) is 13.8. The Labute approximate surface area is 166 Å². The van der Waals surface area contributed by atoms with Crippen LogP contribution in [0.15, 0.2) is 58.5 Å². The van der Waals surface area contributed by atoms with Crippen LogP contribution in [0.4, 0.5) is 26.3 Å². The van der Waals surface area contributed by atoms with E-state index in [4.69, 9.17) is 0 Å². The highest BCUT2D eigenvalue weighted by Crippen LogP contribution is 2.38. The van der Waals surface area contributed by atoms with Crippen LogP contribution in [-0.4, -0.2) is 36.8 Å². The van der Waals surface area contributed by atoms with E-state index < -0.39 is 44.1 Å². The minimum Gasteiger partial charge on any atom is -0.453 e. The molecule has 0 aliphatic rings. The normalized spacial score (nSPS) is 13.1. The summed E-state index contributed by atoms with van der Waals surface area (Å²) >= 11 is 0. The van der Waals surface area contributed by atoms with Crippen molar-refractivity contribution in [3.05, 3.63) is 54.1 Å². The lowest BCUT2D eigenvalue weighted by Crippen LogP contribution is -2.47. The third-order valence-electron chi connectivity index (χ3n) is 3.92. The minimum atomic E-state index is -5.86. The molecule has 160 valence electrons. The van der Waals surface area contributed by atoms with E-state index in [-0.39, 0.29) is 11.0 Å². The van der Waals surface area contributed by atoms with Gasteiger partial charge in [-0.2, -0.15) is 26.3 Å². The van der Waals surface area contributed by atoms with E-state index >= 15 is 0 Å². The van der Waals surface area contributed by atoms with Crippen molar-refractivity contribution in [3.8, 4) is 5.88 Å². The van der Waals surface area contributed by atoms with E-state index in [1.54, 1.807) is 6.92 Å². The van der Waals surface area contributed by atoms with Gasteiger partial charge in [0, 0.05) is 0 Å². The molecule has 1 heterocycles. The molecular weight excluding hydrogens is 438 g/mol. The maximum Gasteiger partial charge on any atom is 0.434 e. The molecule has 0 saturated carbocycles. The second-order valence-electron chi connectivity index (χ2n) is 6.22. The maximum absolute atomic E-state index is 13.0. The average molecular weight is 450 g/mol. The highest BCUT2D eigenvalue weighted by Gasteiger charge is 2.59. The number of fused-ring (bicyclic) bond motifs is 1. The lowest BCUT2D eigenvalue weighted by atomic mass is 10.2. The first kappa shape index (κ1) is 21.8. The summed E-state index contributed by atoms with van der Waals surface area (Å²) in [5.41, 5.74) is 0.494. The van der Waals surface area contributed by atoms with Gasteiger partial charge in [0.25, 0.3) is 12.0 Å². The molecule has 5 nitrogen and oxygen atoms in total. The van der Waals surface area contributed by atoms with Gasteiger partial charge in [0.05, 0.1) is 15.9 Å². The van der Waals surface area contributed by atoms with Crippen LogP contribution < -0.4 is 4.74 Å². The van der Waals surface area contributed by atoms with Crippen molar-refractivity contribution in [1.82, 2.24) is 9.97 Å². The number of sulfone groups is 1. The smallest absolute Gasteiger partial charge is 0.434 e. The van der Waals surface area contributed by atoms with Crippen LogP contribution in [0.1, 0.15) is 5.56 Å². The summed E-state index contributed by atoms with van der Waals surface area (Å²) in [5, 5.41) is -1.15. The van der Waals surface area contributed by atoms with Crippen LogP contribution in [-0.2, 0) is 9.84 Å². The molecule has 0 spiro atoms. The zero-order chi connectivity index (χ0) is 22.3. The number of benzene rings is 2. The summed E-state index contributed by atoms with van der Waals surface area (Å²) in [7, 11) is -4.65.